The van der Waals surface area contributed by atoms with Crippen LogP contribution >= 0.6 is 0 Å². The Labute approximate surface area is 91.0 Å². The summed E-state index contributed by atoms with van der Waals surface area (Å²) >= 11 is 0. The van der Waals surface area contributed by atoms with Gasteiger partial charge in [-0.3, -0.25) is 9.59 Å². The number of hydrogen-bond acceptors (Lipinski definition) is 3. The predicted molar refractivity (Wildman–Crippen MR) is 59.2 cm³/mol. The molecule has 88 valence electrons. The van der Waals surface area contributed by atoms with E-state index in [2.05, 4.69) is 5.32 Å². The number of amides is 2. The summed E-state index contributed by atoms with van der Waals surface area (Å²) in [7, 11) is 1.56. The maximum Gasteiger partial charge on any atom is 0.239 e. The van der Waals surface area contributed by atoms with Gasteiger partial charge < -0.3 is 16.0 Å². The van der Waals surface area contributed by atoms with Crippen LogP contribution in [0.4, 0.5) is 0 Å². The second kappa shape index (κ2) is 7.23. The van der Waals surface area contributed by atoms with Crippen molar-refractivity contribution in [3.8, 4) is 0 Å². The fraction of sp³-hybridized carbons (Fsp3) is 0.800. The molecule has 0 spiro atoms. The molecule has 0 aliphatic rings. The summed E-state index contributed by atoms with van der Waals surface area (Å²) in [5.74, 6) is 0.000823. The molecule has 0 aliphatic heterocycles. The molecule has 0 radical (unpaired) electrons. The van der Waals surface area contributed by atoms with Crippen molar-refractivity contribution in [1.82, 2.24) is 10.2 Å². The molecule has 3 N–H and O–H groups in total. The van der Waals surface area contributed by atoms with E-state index in [4.69, 9.17) is 5.73 Å². The highest BCUT2D eigenvalue weighted by Crippen LogP contribution is 2.03. The summed E-state index contributed by atoms with van der Waals surface area (Å²) in [6.45, 7) is 4.94. The number of rotatable bonds is 6. The number of hydrogen-bond donors (Lipinski definition) is 2. The number of carbonyl (C=O) groups is 2. The quantitative estimate of drug-likeness (QED) is 0.631. The van der Waals surface area contributed by atoms with Crippen molar-refractivity contribution in [2.45, 2.75) is 20.3 Å². The average Bonchev–Trinajstić information content (AvgIpc) is 2.24. The SMILES string of the molecule is CCN(CC(=O)NC)C(=O)CC(C)CN. The molecule has 0 saturated heterocycles. The van der Waals surface area contributed by atoms with E-state index in [0.29, 0.717) is 19.5 Å². The zero-order valence-corrected chi connectivity index (χ0v) is 9.75. The zero-order chi connectivity index (χ0) is 11.8. The number of carbonyl (C=O) groups excluding carboxylic acids is 2. The lowest BCUT2D eigenvalue weighted by Crippen LogP contribution is -2.40. The molecule has 2 amide bonds. The highest BCUT2D eigenvalue weighted by atomic mass is 16.2. The third kappa shape index (κ3) is 5.37. The second-order valence-electron chi connectivity index (χ2n) is 3.63. The maximum absolute atomic E-state index is 11.7. The van der Waals surface area contributed by atoms with Crippen molar-refractivity contribution < 1.29 is 9.59 Å². The summed E-state index contributed by atoms with van der Waals surface area (Å²) in [5.41, 5.74) is 5.44. The van der Waals surface area contributed by atoms with Gasteiger partial charge in [0, 0.05) is 20.0 Å². The van der Waals surface area contributed by atoms with E-state index < -0.39 is 0 Å². The van der Waals surface area contributed by atoms with Crippen LogP contribution in [0.2, 0.25) is 0 Å². The minimum absolute atomic E-state index is 0.0148. The molecule has 5 heteroatoms. The molecule has 0 saturated carbocycles. The van der Waals surface area contributed by atoms with Crippen LogP contribution in [-0.2, 0) is 9.59 Å². The number of nitrogens with zero attached hydrogens (tertiary/aromatic N) is 1. The summed E-state index contributed by atoms with van der Waals surface area (Å²) < 4.78 is 0. The molecule has 0 fully saturated rings. The van der Waals surface area contributed by atoms with Gasteiger partial charge >= 0.3 is 0 Å². The van der Waals surface area contributed by atoms with E-state index in [1.165, 1.54) is 4.90 Å². The van der Waals surface area contributed by atoms with Crippen LogP contribution in [0, 0.1) is 5.92 Å². The van der Waals surface area contributed by atoms with Crippen LogP contribution in [0.5, 0.6) is 0 Å². The predicted octanol–water partition coefficient (Wildman–Crippen LogP) is -0.434. The molecule has 0 rings (SSSR count). The Morgan fingerprint density at radius 2 is 2.07 bits per heavy atom. The third-order valence-electron chi connectivity index (χ3n) is 2.27. The summed E-state index contributed by atoms with van der Waals surface area (Å²) in [4.78, 5) is 24.3. The van der Waals surface area contributed by atoms with E-state index in [0.717, 1.165) is 0 Å². The fourth-order valence-corrected chi connectivity index (χ4v) is 1.14. The fourth-order valence-electron chi connectivity index (χ4n) is 1.14. The first-order chi connectivity index (χ1) is 7.04. The van der Waals surface area contributed by atoms with Crippen LogP contribution in [0.25, 0.3) is 0 Å². The van der Waals surface area contributed by atoms with Crippen LogP contribution in [-0.4, -0.2) is 43.4 Å². The molecule has 0 aromatic carbocycles. The van der Waals surface area contributed by atoms with Crippen LogP contribution in [0.15, 0.2) is 0 Å². The summed E-state index contributed by atoms with van der Waals surface area (Å²) in [5, 5.41) is 2.49. The van der Waals surface area contributed by atoms with Crippen molar-refractivity contribution in [2.75, 3.05) is 26.7 Å². The van der Waals surface area contributed by atoms with Crippen molar-refractivity contribution in [3.63, 3.8) is 0 Å². The number of nitrogens with one attached hydrogen (secondary N) is 1. The Hall–Kier alpha value is -1.10. The van der Waals surface area contributed by atoms with Crippen molar-refractivity contribution in [3.05, 3.63) is 0 Å². The van der Waals surface area contributed by atoms with Gasteiger partial charge in [0.2, 0.25) is 11.8 Å². The lowest BCUT2D eigenvalue weighted by atomic mass is 10.1. The van der Waals surface area contributed by atoms with E-state index in [1.807, 2.05) is 13.8 Å². The topological polar surface area (TPSA) is 75.4 Å². The zero-order valence-electron chi connectivity index (χ0n) is 9.75. The first kappa shape index (κ1) is 13.9. The molecule has 0 aromatic rings. The first-order valence-electron chi connectivity index (χ1n) is 5.23. The third-order valence-corrected chi connectivity index (χ3v) is 2.27. The van der Waals surface area contributed by atoms with Crippen LogP contribution in [0.3, 0.4) is 0 Å². The Balaban J connectivity index is 4.16. The van der Waals surface area contributed by atoms with E-state index in [-0.39, 0.29) is 24.3 Å². The van der Waals surface area contributed by atoms with Gasteiger partial charge in [-0.2, -0.15) is 0 Å². The summed E-state index contributed by atoms with van der Waals surface area (Å²) in [6.07, 6.45) is 0.404. The molecule has 15 heavy (non-hydrogen) atoms. The molecular formula is C10H21N3O2. The second-order valence-corrected chi connectivity index (χ2v) is 3.63. The first-order valence-corrected chi connectivity index (χ1v) is 5.23. The maximum atomic E-state index is 11.7. The molecule has 0 aliphatic carbocycles. The van der Waals surface area contributed by atoms with Crippen molar-refractivity contribution >= 4 is 11.8 Å². The standard InChI is InChI=1S/C10H21N3O2/c1-4-13(7-9(14)12-3)10(15)5-8(2)6-11/h8H,4-7,11H2,1-3H3,(H,12,14). The van der Waals surface area contributed by atoms with Crippen LogP contribution < -0.4 is 11.1 Å². The average molecular weight is 215 g/mol. The minimum Gasteiger partial charge on any atom is -0.358 e. The molecule has 1 unspecified atom stereocenters. The van der Waals surface area contributed by atoms with Gasteiger partial charge in [0.15, 0.2) is 0 Å². The smallest absolute Gasteiger partial charge is 0.239 e. The molecule has 0 bridgehead atoms. The Kier molecular flexibility index (Phi) is 6.70. The highest BCUT2D eigenvalue weighted by Gasteiger charge is 2.16. The monoisotopic (exact) mass is 215 g/mol. The van der Waals surface area contributed by atoms with Gasteiger partial charge in [0.25, 0.3) is 0 Å². The normalized spacial score (nSPS) is 12.0. The van der Waals surface area contributed by atoms with E-state index in [1.54, 1.807) is 7.05 Å². The van der Waals surface area contributed by atoms with Crippen LogP contribution in [0.1, 0.15) is 20.3 Å². The Morgan fingerprint density at radius 3 is 2.47 bits per heavy atom. The van der Waals surface area contributed by atoms with Crippen molar-refractivity contribution in [1.29, 1.82) is 0 Å². The molecule has 5 nitrogen and oxygen atoms in total. The van der Waals surface area contributed by atoms with E-state index in [9.17, 15) is 9.59 Å². The number of nitrogens with two attached hydrogens (primary N) is 1. The minimum atomic E-state index is -0.148. The molecule has 0 aromatic heterocycles. The molecular weight excluding hydrogens is 194 g/mol. The van der Waals surface area contributed by atoms with Gasteiger partial charge in [-0.15, -0.1) is 0 Å². The van der Waals surface area contributed by atoms with Gasteiger partial charge in [0.1, 0.15) is 0 Å². The Bertz CT molecular complexity index is 219. The van der Waals surface area contributed by atoms with Gasteiger partial charge in [-0.1, -0.05) is 6.92 Å². The van der Waals surface area contributed by atoms with E-state index >= 15 is 0 Å². The van der Waals surface area contributed by atoms with Crippen molar-refractivity contribution in [2.24, 2.45) is 11.7 Å². The van der Waals surface area contributed by atoms with Gasteiger partial charge in [-0.05, 0) is 19.4 Å². The lowest BCUT2D eigenvalue weighted by Gasteiger charge is -2.21. The molecule has 0 heterocycles. The number of likely N-dealkylation sites (N-methyl/N-ethyl adjacent to an activating group) is 2. The van der Waals surface area contributed by atoms with Gasteiger partial charge in [-0.25, -0.2) is 0 Å². The Morgan fingerprint density at radius 1 is 1.47 bits per heavy atom. The highest BCUT2D eigenvalue weighted by molar-refractivity contribution is 5.84. The lowest BCUT2D eigenvalue weighted by molar-refractivity contribution is -0.136. The summed E-state index contributed by atoms with van der Waals surface area (Å²) in [6, 6.07) is 0. The van der Waals surface area contributed by atoms with Gasteiger partial charge in [0.05, 0.1) is 6.54 Å². The largest absolute Gasteiger partial charge is 0.358 e. The molecule has 1 atom stereocenters.